The maximum absolute atomic E-state index is 11.2. The molecule has 0 amide bonds. The quantitative estimate of drug-likeness (QED) is 0.769. The van der Waals surface area contributed by atoms with Crippen LogP contribution in [0.15, 0.2) is 0 Å². The minimum absolute atomic E-state index is 0.330. The van der Waals surface area contributed by atoms with Crippen molar-refractivity contribution in [3.8, 4) is 5.00 Å². The van der Waals surface area contributed by atoms with Gasteiger partial charge in [-0.25, -0.2) is 0 Å². The van der Waals surface area contributed by atoms with E-state index in [1.165, 1.54) is 0 Å². The number of hydrogen-bond donors (Lipinski definition) is 2. The van der Waals surface area contributed by atoms with Gasteiger partial charge in [-0.05, 0) is 25.3 Å². The maximum Gasteiger partial charge on any atom is 0.307 e. The average Bonchev–Trinajstić information content (AvgIpc) is 3.05. The molecule has 0 saturated carbocycles. The van der Waals surface area contributed by atoms with Crippen LogP contribution in [0.5, 0.6) is 0 Å². The summed E-state index contributed by atoms with van der Waals surface area (Å²) in [5.74, 6) is 0.598. The number of aliphatic carboxylic acids is 1. The van der Waals surface area contributed by atoms with E-state index in [1.54, 1.807) is 11.3 Å². The van der Waals surface area contributed by atoms with Crippen molar-refractivity contribution in [3.05, 3.63) is 27.7 Å². The molecule has 1 unspecified atom stereocenters. The van der Waals surface area contributed by atoms with Crippen LogP contribution in [0.3, 0.4) is 0 Å². The lowest BCUT2D eigenvalue weighted by atomic mass is 10.1. The van der Waals surface area contributed by atoms with Crippen molar-refractivity contribution in [2.45, 2.75) is 26.3 Å². The van der Waals surface area contributed by atoms with Gasteiger partial charge in [0.15, 0.2) is 5.82 Å². The first-order valence-corrected chi connectivity index (χ1v) is 7.85. The molecule has 4 rings (SSSR count). The van der Waals surface area contributed by atoms with Gasteiger partial charge in [-0.15, -0.1) is 21.5 Å². The fourth-order valence-corrected chi connectivity index (χ4v) is 4.86. The van der Waals surface area contributed by atoms with E-state index in [2.05, 4.69) is 15.5 Å². The van der Waals surface area contributed by atoms with Gasteiger partial charge in [0.2, 0.25) is 0 Å². The number of aryl methyl sites for hydroxylation is 1. The van der Waals surface area contributed by atoms with Gasteiger partial charge in [0.1, 0.15) is 15.8 Å². The Kier molecular flexibility index (Phi) is 2.67. The number of thiophene rings is 1. The molecule has 2 aromatic heterocycles. The topological polar surface area (TPSA) is 80.0 Å². The Morgan fingerprint density at radius 2 is 2.29 bits per heavy atom. The molecule has 2 N–H and O–H groups in total. The second kappa shape index (κ2) is 4.35. The van der Waals surface area contributed by atoms with Crippen molar-refractivity contribution in [1.82, 2.24) is 20.1 Å². The number of rotatable bonds is 1. The molecule has 3 heterocycles. The summed E-state index contributed by atoms with van der Waals surface area (Å²) in [6.45, 7) is 2.46. The second-order valence-electron chi connectivity index (χ2n) is 5.31. The highest BCUT2D eigenvalue weighted by Gasteiger charge is 2.35. The van der Waals surface area contributed by atoms with E-state index in [1.807, 2.05) is 11.5 Å². The number of thiocarbonyl (C=S) groups is 1. The molecule has 21 heavy (non-hydrogen) atoms. The molecule has 1 aliphatic carbocycles. The van der Waals surface area contributed by atoms with E-state index in [9.17, 15) is 9.90 Å². The first-order valence-electron chi connectivity index (χ1n) is 6.63. The lowest BCUT2D eigenvalue weighted by molar-refractivity contribution is -0.141. The van der Waals surface area contributed by atoms with E-state index in [0.29, 0.717) is 24.4 Å². The fourth-order valence-electron chi connectivity index (χ4n) is 3.02. The SMILES string of the molecule is Cc1nnc2n1-c1sc3c(c1C(=S)NC2)CC(C(=O)O)C3. The van der Waals surface area contributed by atoms with Crippen molar-refractivity contribution in [2.75, 3.05) is 0 Å². The van der Waals surface area contributed by atoms with E-state index in [4.69, 9.17) is 12.2 Å². The average molecular weight is 320 g/mol. The highest BCUT2D eigenvalue weighted by molar-refractivity contribution is 7.80. The van der Waals surface area contributed by atoms with Crippen molar-refractivity contribution >= 4 is 34.5 Å². The number of nitrogens with one attached hydrogen (secondary N) is 1. The lowest BCUT2D eigenvalue weighted by Crippen LogP contribution is -2.21. The van der Waals surface area contributed by atoms with Crippen LogP contribution in [0.1, 0.15) is 27.7 Å². The summed E-state index contributed by atoms with van der Waals surface area (Å²) in [5.41, 5.74) is 2.05. The van der Waals surface area contributed by atoms with Crippen molar-refractivity contribution in [2.24, 2.45) is 5.92 Å². The molecule has 0 radical (unpaired) electrons. The van der Waals surface area contributed by atoms with Gasteiger partial charge >= 0.3 is 5.97 Å². The third kappa shape index (κ3) is 1.75. The molecule has 0 saturated heterocycles. The van der Waals surface area contributed by atoms with Crippen LogP contribution >= 0.6 is 23.6 Å². The summed E-state index contributed by atoms with van der Waals surface area (Å²) >= 11 is 7.11. The molecule has 0 fully saturated rings. The number of nitrogens with zero attached hydrogens (tertiary/aromatic N) is 3. The zero-order valence-corrected chi connectivity index (χ0v) is 12.8. The number of aromatic nitrogens is 3. The predicted molar refractivity (Wildman–Crippen MR) is 81.0 cm³/mol. The van der Waals surface area contributed by atoms with Gasteiger partial charge in [-0.1, -0.05) is 12.2 Å². The summed E-state index contributed by atoms with van der Waals surface area (Å²) in [4.78, 5) is 13.0. The third-order valence-electron chi connectivity index (χ3n) is 4.03. The van der Waals surface area contributed by atoms with Crippen molar-refractivity contribution in [1.29, 1.82) is 0 Å². The molecular formula is C13H12N4O2S2. The Morgan fingerprint density at radius 1 is 1.48 bits per heavy atom. The van der Waals surface area contributed by atoms with Crippen molar-refractivity contribution < 1.29 is 9.90 Å². The summed E-state index contributed by atoms with van der Waals surface area (Å²) in [5, 5.41) is 21.8. The second-order valence-corrected chi connectivity index (χ2v) is 6.80. The van der Waals surface area contributed by atoms with Crippen LogP contribution in [0.4, 0.5) is 0 Å². The van der Waals surface area contributed by atoms with Crippen LogP contribution in [0.25, 0.3) is 5.00 Å². The zero-order valence-electron chi connectivity index (χ0n) is 11.2. The monoisotopic (exact) mass is 320 g/mol. The first-order chi connectivity index (χ1) is 10.1. The van der Waals surface area contributed by atoms with Crippen molar-refractivity contribution in [3.63, 3.8) is 0 Å². The number of carboxylic acid groups (broad SMARTS) is 1. The Labute approximate surface area is 129 Å². The van der Waals surface area contributed by atoms with Crippen LogP contribution in [-0.2, 0) is 24.2 Å². The van der Waals surface area contributed by atoms with Gasteiger partial charge in [0, 0.05) is 10.4 Å². The van der Waals surface area contributed by atoms with Crippen LogP contribution in [-0.4, -0.2) is 30.8 Å². The molecular weight excluding hydrogens is 308 g/mol. The Balaban J connectivity index is 1.91. The minimum atomic E-state index is -0.735. The van der Waals surface area contributed by atoms with E-state index in [0.717, 1.165) is 32.7 Å². The molecule has 1 atom stereocenters. The number of carboxylic acids is 1. The van der Waals surface area contributed by atoms with Gasteiger partial charge in [0.05, 0.1) is 12.5 Å². The Bertz CT molecular complexity index is 792. The van der Waals surface area contributed by atoms with Crippen LogP contribution < -0.4 is 5.32 Å². The largest absolute Gasteiger partial charge is 0.481 e. The Hall–Kier alpha value is -1.80. The normalized spacial score (nSPS) is 19.5. The highest BCUT2D eigenvalue weighted by Crippen LogP contribution is 2.41. The molecule has 1 aliphatic heterocycles. The standard InChI is InChI=1S/C13H12N4O2S2/c1-5-15-16-9-4-14-11(20)10-7-2-6(13(18)19)3-8(7)21-12(10)17(5)9/h6H,2-4H2,1H3,(H,14,20)(H,18,19). The summed E-state index contributed by atoms with van der Waals surface area (Å²) in [6.07, 6.45) is 1.14. The minimum Gasteiger partial charge on any atom is -0.481 e. The summed E-state index contributed by atoms with van der Waals surface area (Å²) < 4.78 is 2.03. The number of hydrogen-bond acceptors (Lipinski definition) is 5. The first kappa shape index (κ1) is 12.9. The zero-order chi connectivity index (χ0) is 14.7. The van der Waals surface area contributed by atoms with E-state index in [-0.39, 0.29) is 5.92 Å². The maximum atomic E-state index is 11.2. The summed E-state index contributed by atoms with van der Waals surface area (Å²) in [7, 11) is 0. The third-order valence-corrected chi connectivity index (χ3v) is 5.62. The van der Waals surface area contributed by atoms with Crippen LogP contribution in [0.2, 0.25) is 0 Å². The lowest BCUT2D eigenvalue weighted by Gasteiger charge is -2.08. The molecule has 8 heteroatoms. The summed E-state index contributed by atoms with van der Waals surface area (Å²) in [6, 6.07) is 0. The molecule has 2 aromatic rings. The molecule has 6 nitrogen and oxygen atoms in total. The molecule has 108 valence electrons. The highest BCUT2D eigenvalue weighted by atomic mass is 32.1. The van der Waals surface area contributed by atoms with Gasteiger partial charge in [-0.3, -0.25) is 9.36 Å². The van der Waals surface area contributed by atoms with Gasteiger partial charge in [-0.2, -0.15) is 0 Å². The smallest absolute Gasteiger partial charge is 0.307 e. The van der Waals surface area contributed by atoms with E-state index >= 15 is 0 Å². The molecule has 0 bridgehead atoms. The van der Waals surface area contributed by atoms with Gasteiger partial charge in [0.25, 0.3) is 0 Å². The molecule has 0 aromatic carbocycles. The predicted octanol–water partition coefficient (Wildman–Crippen LogP) is 1.22. The Morgan fingerprint density at radius 3 is 3.05 bits per heavy atom. The van der Waals surface area contributed by atoms with Gasteiger partial charge < -0.3 is 10.4 Å². The van der Waals surface area contributed by atoms with E-state index < -0.39 is 5.97 Å². The molecule has 2 aliphatic rings. The number of carbonyl (C=O) groups is 1. The molecule has 0 spiro atoms. The number of fused-ring (bicyclic) bond motifs is 5. The fraction of sp³-hybridized carbons (Fsp3) is 0.385. The van der Waals surface area contributed by atoms with Crippen LogP contribution in [0, 0.1) is 12.8 Å².